The van der Waals surface area contributed by atoms with Crippen molar-refractivity contribution in [3.63, 3.8) is 0 Å². The van der Waals surface area contributed by atoms with Gasteiger partial charge in [0.25, 0.3) is 0 Å². The van der Waals surface area contributed by atoms with Crippen molar-refractivity contribution in [2.75, 3.05) is 7.05 Å². The molecule has 2 unspecified atom stereocenters. The summed E-state index contributed by atoms with van der Waals surface area (Å²) in [7, 11) is 1.87. The Morgan fingerprint density at radius 2 is 1.76 bits per heavy atom. The summed E-state index contributed by atoms with van der Waals surface area (Å²) in [6, 6.07) is 10.0. The Morgan fingerprint density at radius 3 is 2.48 bits per heavy atom. The van der Waals surface area contributed by atoms with Crippen molar-refractivity contribution < 1.29 is 9.13 Å². The predicted molar refractivity (Wildman–Crippen MR) is 82.6 cm³/mol. The van der Waals surface area contributed by atoms with Crippen LogP contribution in [0, 0.1) is 5.82 Å². The van der Waals surface area contributed by atoms with E-state index in [1.807, 2.05) is 19.2 Å². The van der Waals surface area contributed by atoms with Gasteiger partial charge in [-0.25, -0.2) is 4.39 Å². The van der Waals surface area contributed by atoms with Crippen LogP contribution in [-0.4, -0.2) is 7.05 Å². The first-order valence-corrected chi connectivity index (χ1v) is 7.42. The van der Waals surface area contributed by atoms with E-state index in [1.54, 1.807) is 12.1 Å². The Labute approximate surface area is 132 Å². The van der Waals surface area contributed by atoms with Gasteiger partial charge >= 0.3 is 0 Å². The largest absolute Gasteiger partial charge is 0.485 e. The molecule has 5 heteroatoms. The fourth-order valence-corrected chi connectivity index (χ4v) is 3.03. The fourth-order valence-electron chi connectivity index (χ4n) is 2.67. The summed E-state index contributed by atoms with van der Waals surface area (Å²) < 4.78 is 20.0. The van der Waals surface area contributed by atoms with Crippen LogP contribution in [0.5, 0.6) is 5.75 Å². The van der Waals surface area contributed by atoms with Crippen molar-refractivity contribution in [1.82, 2.24) is 5.32 Å². The monoisotopic (exact) mass is 325 g/mol. The van der Waals surface area contributed by atoms with Crippen molar-refractivity contribution in [1.29, 1.82) is 0 Å². The van der Waals surface area contributed by atoms with Crippen molar-refractivity contribution in [3.05, 3.63) is 63.4 Å². The van der Waals surface area contributed by atoms with Gasteiger partial charge in [0, 0.05) is 33.6 Å². The highest BCUT2D eigenvalue weighted by Gasteiger charge is 2.30. The summed E-state index contributed by atoms with van der Waals surface area (Å²) in [6.07, 6.45) is 0.232. The molecular formula is C16H14Cl2FNO. The van der Waals surface area contributed by atoms with E-state index in [9.17, 15) is 4.39 Å². The molecule has 0 spiro atoms. The summed E-state index contributed by atoms with van der Waals surface area (Å²) in [5.41, 5.74) is 1.46. The van der Waals surface area contributed by atoms with Gasteiger partial charge in [-0.3, -0.25) is 0 Å². The Balaban J connectivity index is 2.00. The second-order valence-electron chi connectivity index (χ2n) is 5.03. The maximum absolute atomic E-state index is 14.0. The van der Waals surface area contributed by atoms with E-state index in [2.05, 4.69) is 5.32 Å². The van der Waals surface area contributed by atoms with E-state index >= 15 is 0 Å². The maximum Gasteiger partial charge on any atom is 0.130 e. The van der Waals surface area contributed by atoms with E-state index in [1.165, 1.54) is 12.1 Å². The lowest BCUT2D eigenvalue weighted by Gasteiger charge is -2.32. The lowest BCUT2D eigenvalue weighted by atomic mass is 9.93. The average molecular weight is 326 g/mol. The van der Waals surface area contributed by atoms with Gasteiger partial charge in [-0.2, -0.15) is 0 Å². The van der Waals surface area contributed by atoms with Crippen LogP contribution in [0.1, 0.15) is 29.7 Å². The lowest BCUT2D eigenvalue weighted by molar-refractivity contribution is 0.150. The summed E-state index contributed by atoms with van der Waals surface area (Å²) in [4.78, 5) is 0. The average Bonchev–Trinajstić information content (AvgIpc) is 2.48. The minimum Gasteiger partial charge on any atom is -0.485 e. The second-order valence-corrected chi connectivity index (χ2v) is 5.90. The van der Waals surface area contributed by atoms with Crippen LogP contribution in [0.25, 0.3) is 0 Å². The highest BCUT2D eigenvalue weighted by atomic mass is 35.5. The molecule has 0 aliphatic carbocycles. The molecule has 2 aromatic carbocycles. The number of rotatable bonds is 2. The lowest BCUT2D eigenvalue weighted by Crippen LogP contribution is -2.27. The zero-order valence-electron chi connectivity index (χ0n) is 11.4. The molecule has 0 saturated carbocycles. The molecular weight excluding hydrogens is 312 g/mol. The molecule has 2 nitrogen and oxygen atoms in total. The van der Waals surface area contributed by atoms with Gasteiger partial charge in [-0.05, 0) is 43.4 Å². The third kappa shape index (κ3) is 2.86. The molecule has 110 valence electrons. The van der Waals surface area contributed by atoms with Gasteiger partial charge < -0.3 is 10.1 Å². The Bertz CT molecular complexity index is 677. The van der Waals surface area contributed by atoms with E-state index < -0.39 is 0 Å². The molecule has 0 amide bonds. The molecule has 0 aromatic heterocycles. The summed E-state index contributed by atoms with van der Waals surface area (Å²) in [5, 5.41) is 4.38. The quantitative estimate of drug-likeness (QED) is 0.846. The molecule has 0 radical (unpaired) electrons. The van der Waals surface area contributed by atoms with Crippen LogP contribution in [0.4, 0.5) is 4.39 Å². The molecule has 2 atom stereocenters. The van der Waals surface area contributed by atoms with Gasteiger partial charge in [0.2, 0.25) is 0 Å². The zero-order valence-corrected chi connectivity index (χ0v) is 12.9. The third-order valence-corrected chi connectivity index (χ3v) is 4.19. The molecule has 21 heavy (non-hydrogen) atoms. The Kier molecular flexibility index (Phi) is 4.07. The standard InChI is InChI=1S/C16H14Cl2FNO/c1-20-14-8-16(11-6-9(17)2-4-13(11)19)21-15-5-3-10(18)7-12(14)15/h2-7,14,16,20H,8H2,1H3. The minimum atomic E-state index is -0.380. The smallest absolute Gasteiger partial charge is 0.130 e. The summed E-state index contributed by atoms with van der Waals surface area (Å²) in [5.74, 6) is 0.408. The zero-order chi connectivity index (χ0) is 15.0. The molecule has 3 rings (SSSR count). The van der Waals surface area contributed by atoms with Gasteiger partial charge in [-0.15, -0.1) is 0 Å². The van der Waals surface area contributed by atoms with Gasteiger partial charge in [-0.1, -0.05) is 23.2 Å². The number of nitrogens with one attached hydrogen (secondary N) is 1. The van der Waals surface area contributed by atoms with Crippen LogP contribution < -0.4 is 10.1 Å². The number of hydrogen-bond donors (Lipinski definition) is 1. The van der Waals surface area contributed by atoms with Gasteiger partial charge in [0.05, 0.1) is 0 Å². The highest BCUT2D eigenvalue weighted by molar-refractivity contribution is 6.31. The van der Waals surface area contributed by atoms with Crippen LogP contribution in [0.15, 0.2) is 36.4 Å². The maximum atomic E-state index is 14.0. The molecule has 0 bridgehead atoms. The molecule has 1 heterocycles. The molecule has 1 aliphatic rings. The molecule has 0 saturated heterocycles. The molecule has 1 aliphatic heterocycles. The summed E-state index contributed by atoms with van der Waals surface area (Å²) >= 11 is 12.0. The predicted octanol–water partition coefficient (Wildman–Crippen LogP) is 4.92. The normalized spacial score (nSPS) is 20.8. The Morgan fingerprint density at radius 1 is 1.10 bits per heavy atom. The van der Waals surface area contributed by atoms with E-state index in [0.717, 1.165) is 11.3 Å². The van der Waals surface area contributed by atoms with Gasteiger partial charge in [0.1, 0.15) is 17.7 Å². The van der Waals surface area contributed by atoms with Crippen LogP contribution in [-0.2, 0) is 0 Å². The number of hydrogen-bond acceptors (Lipinski definition) is 2. The number of halogens is 3. The topological polar surface area (TPSA) is 21.3 Å². The fraction of sp³-hybridized carbons (Fsp3) is 0.250. The van der Waals surface area contributed by atoms with E-state index in [4.69, 9.17) is 27.9 Å². The number of benzene rings is 2. The third-order valence-electron chi connectivity index (χ3n) is 3.72. The minimum absolute atomic E-state index is 0.0517. The van der Waals surface area contributed by atoms with Crippen molar-refractivity contribution in [2.45, 2.75) is 18.6 Å². The Hall–Kier alpha value is -1.29. The van der Waals surface area contributed by atoms with Gasteiger partial charge in [0.15, 0.2) is 0 Å². The van der Waals surface area contributed by atoms with Crippen LogP contribution in [0.2, 0.25) is 10.0 Å². The first-order chi connectivity index (χ1) is 10.1. The van der Waals surface area contributed by atoms with E-state index in [-0.39, 0.29) is 18.0 Å². The van der Waals surface area contributed by atoms with Crippen LogP contribution >= 0.6 is 23.2 Å². The van der Waals surface area contributed by atoms with Crippen molar-refractivity contribution in [2.24, 2.45) is 0 Å². The molecule has 0 fully saturated rings. The SMILES string of the molecule is CNC1CC(c2cc(Cl)ccc2F)Oc2ccc(Cl)cc21. The van der Waals surface area contributed by atoms with Crippen molar-refractivity contribution >= 4 is 23.2 Å². The van der Waals surface area contributed by atoms with Crippen molar-refractivity contribution in [3.8, 4) is 5.75 Å². The van der Waals surface area contributed by atoms with Crippen LogP contribution in [0.3, 0.4) is 0 Å². The summed E-state index contributed by atoms with van der Waals surface area (Å²) in [6.45, 7) is 0. The first-order valence-electron chi connectivity index (χ1n) is 6.67. The van der Waals surface area contributed by atoms with E-state index in [0.29, 0.717) is 22.0 Å². The molecule has 1 N–H and O–H groups in total. The number of ether oxygens (including phenoxy) is 1. The first kappa shape index (κ1) is 14.6. The number of fused-ring (bicyclic) bond motifs is 1. The molecule has 2 aromatic rings. The highest BCUT2D eigenvalue weighted by Crippen LogP contribution is 2.42. The second kappa shape index (κ2) is 5.84.